The van der Waals surface area contributed by atoms with Crippen molar-refractivity contribution in [1.82, 2.24) is 19.6 Å². The summed E-state index contributed by atoms with van der Waals surface area (Å²) in [6.45, 7) is 13.3. The molecule has 3 rings (SSSR count). The number of carbonyl (C=O) groups is 2. The van der Waals surface area contributed by atoms with Crippen LogP contribution in [0.1, 0.15) is 74.5 Å². The van der Waals surface area contributed by atoms with Gasteiger partial charge in [-0.1, -0.05) is 31.6 Å². The molecule has 1 fully saturated rings. The molecule has 0 saturated carbocycles. The van der Waals surface area contributed by atoms with Gasteiger partial charge in [-0.15, -0.1) is 13.2 Å². The summed E-state index contributed by atoms with van der Waals surface area (Å²) in [6, 6.07) is 5.49. The van der Waals surface area contributed by atoms with Crippen LogP contribution < -0.4 is 5.32 Å². The highest BCUT2D eigenvalue weighted by atomic mass is 16.2. The molecule has 168 valence electrons. The van der Waals surface area contributed by atoms with E-state index in [1.54, 1.807) is 10.5 Å². The monoisotopic (exact) mass is 424 g/mol. The number of carbonyl (C=O) groups excluding carboxylic acids is 2. The molecule has 1 unspecified atom stereocenters. The Morgan fingerprint density at radius 1 is 1.19 bits per heavy atom. The lowest BCUT2D eigenvalue weighted by molar-refractivity contribution is -0.133. The van der Waals surface area contributed by atoms with Crippen molar-refractivity contribution in [3.63, 3.8) is 0 Å². The van der Waals surface area contributed by atoms with Crippen molar-refractivity contribution in [2.75, 3.05) is 19.6 Å². The van der Waals surface area contributed by atoms with E-state index in [2.05, 4.69) is 30.4 Å². The summed E-state index contributed by atoms with van der Waals surface area (Å²) in [5.74, 6) is -0.283. The second-order valence-corrected chi connectivity index (χ2v) is 7.84. The van der Waals surface area contributed by atoms with Crippen molar-refractivity contribution < 1.29 is 9.59 Å². The minimum absolute atomic E-state index is 0.108. The number of unbranched alkanes of at least 4 members (excludes halogenated alkanes) is 1. The molecule has 0 aliphatic carbocycles. The molecule has 1 aliphatic rings. The zero-order valence-electron chi connectivity index (χ0n) is 19.0. The van der Waals surface area contributed by atoms with Crippen LogP contribution in [0.25, 0.3) is 5.65 Å². The fraction of sp³-hybridized carbons (Fsp3) is 0.480. The van der Waals surface area contributed by atoms with Crippen molar-refractivity contribution in [3.05, 3.63) is 61.1 Å². The Morgan fingerprint density at radius 3 is 2.52 bits per heavy atom. The van der Waals surface area contributed by atoms with Crippen LogP contribution in [0, 0.1) is 0 Å². The molecule has 6 nitrogen and oxygen atoms in total. The maximum Gasteiger partial charge on any atom is 0.268 e. The van der Waals surface area contributed by atoms with Crippen molar-refractivity contribution in [1.29, 1.82) is 0 Å². The quantitative estimate of drug-likeness (QED) is 0.492. The van der Waals surface area contributed by atoms with E-state index in [0.717, 1.165) is 50.9 Å². The third kappa shape index (κ3) is 6.81. The predicted octanol–water partition coefficient (Wildman–Crippen LogP) is 4.73. The number of imidazole rings is 1. The van der Waals surface area contributed by atoms with E-state index in [1.165, 1.54) is 6.42 Å². The molecule has 1 saturated heterocycles. The number of nitrogens with zero attached hydrogens (tertiary/aromatic N) is 3. The third-order valence-corrected chi connectivity index (χ3v) is 5.37. The van der Waals surface area contributed by atoms with E-state index in [0.29, 0.717) is 17.9 Å². The van der Waals surface area contributed by atoms with Gasteiger partial charge in [0.1, 0.15) is 11.3 Å². The van der Waals surface area contributed by atoms with Gasteiger partial charge in [0.2, 0.25) is 5.91 Å². The van der Waals surface area contributed by atoms with Gasteiger partial charge in [0.05, 0.1) is 11.6 Å². The van der Waals surface area contributed by atoms with Gasteiger partial charge in [-0.3, -0.25) is 14.0 Å². The first-order chi connectivity index (χ1) is 15.0. The van der Waals surface area contributed by atoms with Gasteiger partial charge in [-0.05, 0) is 51.2 Å². The number of allylic oxidation sites excluding steroid dienone is 2. The highest BCUT2D eigenvalue weighted by molar-refractivity contribution is 5.93. The highest BCUT2D eigenvalue weighted by Gasteiger charge is 2.25. The molecular weight excluding hydrogens is 388 g/mol. The zero-order chi connectivity index (χ0) is 22.6. The number of aromatic nitrogens is 2. The number of likely N-dealkylation sites (tertiary alicyclic amines) is 1. The molecular formula is C25H36N4O2. The van der Waals surface area contributed by atoms with Crippen molar-refractivity contribution in [3.8, 4) is 0 Å². The summed E-state index contributed by atoms with van der Waals surface area (Å²) >= 11 is 0. The summed E-state index contributed by atoms with van der Waals surface area (Å²) < 4.78 is 1.79. The first-order valence-corrected chi connectivity index (χ1v) is 11.3. The second kappa shape index (κ2) is 12.7. The summed E-state index contributed by atoms with van der Waals surface area (Å²) in [6.07, 6.45) is 11.7. The van der Waals surface area contributed by atoms with E-state index in [-0.39, 0.29) is 17.7 Å². The molecule has 2 aromatic heterocycles. The lowest BCUT2D eigenvalue weighted by atomic mass is 10.0. The zero-order valence-corrected chi connectivity index (χ0v) is 19.0. The summed E-state index contributed by atoms with van der Waals surface area (Å²) in [4.78, 5) is 31.8. The Bertz CT molecular complexity index is 875. The van der Waals surface area contributed by atoms with Crippen molar-refractivity contribution in [2.24, 2.45) is 0 Å². The Balaban J connectivity index is 0.000000614. The van der Waals surface area contributed by atoms with E-state index in [9.17, 15) is 9.59 Å². The summed E-state index contributed by atoms with van der Waals surface area (Å²) in [7, 11) is 0. The van der Waals surface area contributed by atoms with E-state index >= 15 is 0 Å². The molecule has 0 spiro atoms. The molecule has 1 atom stereocenters. The minimum atomic E-state index is -0.302. The molecule has 6 heteroatoms. The molecule has 3 heterocycles. The minimum Gasteiger partial charge on any atom is -0.351 e. The number of rotatable bonds is 8. The van der Waals surface area contributed by atoms with Crippen LogP contribution in [0.2, 0.25) is 0 Å². The van der Waals surface area contributed by atoms with Crippen LogP contribution in [0.15, 0.2) is 49.7 Å². The number of piperidine rings is 1. The number of pyridine rings is 1. The molecule has 0 radical (unpaired) electrons. The first-order valence-electron chi connectivity index (χ1n) is 11.3. The molecule has 2 amide bonds. The van der Waals surface area contributed by atoms with Crippen LogP contribution in [0.5, 0.6) is 0 Å². The smallest absolute Gasteiger partial charge is 0.268 e. The largest absolute Gasteiger partial charge is 0.351 e. The predicted molar refractivity (Wildman–Crippen MR) is 126 cm³/mol. The maximum absolute atomic E-state index is 12.8. The number of hydrogen-bond acceptors (Lipinski definition) is 3. The number of fused-ring (bicyclic) bond motifs is 1. The second-order valence-electron chi connectivity index (χ2n) is 7.84. The maximum atomic E-state index is 12.8. The molecule has 1 aliphatic heterocycles. The number of hydrogen-bond donors (Lipinski definition) is 1. The van der Waals surface area contributed by atoms with Gasteiger partial charge < -0.3 is 10.2 Å². The van der Waals surface area contributed by atoms with Gasteiger partial charge in [0.15, 0.2) is 0 Å². The van der Waals surface area contributed by atoms with Gasteiger partial charge in [-0.2, -0.15) is 0 Å². The summed E-state index contributed by atoms with van der Waals surface area (Å²) in [5, 5.41) is 2.94. The van der Waals surface area contributed by atoms with E-state index < -0.39 is 0 Å². The lowest BCUT2D eigenvalue weighted by Crippen LogP contribution is -2.38. The Morgan fingerprint density at radius 2 is 1.90 bits per heavy atom. The molecule has 0 bridgehead atoms. The topological polar surface area (TPSA) is 66.7 Å². The average Bonchev–Trinajstić information content (AvgIpc) is 3.24. The van der Waals surface area contributed by atoms with Gasteiger partial charge in [-0.25, -0.2) is 4.98 Å². The van der Waals surface area contributed by atoms with Crippen LogP contribution in [0.3, 0.4) is 0 Å². The van der Waals surface area contributed by atoms with Gasteiger partial charge in [0.25, 0.3) is 5.91 Å². The SMILES string of the molecule is C=CCC=C.CCCCNC(=O)c1cccc2nc(C(C)C(=O)N3CCCCC3)cn12. The van der Waals surface area contributed by atoms with E-state index in [1.807, 2.05) is 42.3 Å². The standard InChI is InChI=1S/C20H28N4O2.C5H8/c1-3-4-11-21-19(25)17-9-8-10-18-22-16(14-24(17)18)15(2)20(26)23-12-6-5-7-13-23;1-3-5-4-2/h8-10,14-15H,3-7,11-13H2,1-2H3,(H,21,25);3-4H,1-2,5H2. The Kier molecular flexibility index (Phi) is 10.0. The normalized spacial score (nSPS) is 14.3. The fourth-order valence-electron chi connectivity index (χ4n) is 3.53. The average molecular weight is 425 g/mol. The lowest BCUT2D eigenvalue weighted by Gasteiger charge is -2.28. The highest BCUT2D eigenvalue weighted by Crippen LogP contribution is 2.21. The Hall–Kier alpha value is -2.89. The fourth-order valence-corrected chi connectivity index (χ4v) is 3.53. The van der Waals surface area contributed by atoms with Crippen LogP contribution in [-0.4, -0.2) is 45.7 Å². The third-order valence-electron chi connectivity index (χ3n) is 5.37. The van der Waals surface area contributed by atoms with Crippen LogP contribution in [-0.2, 0) is 4.79 Å². The molecule has 0 aromatic carbocycles. The van der Waals surface area contributed by atoms with Gasteiger partial charge >= 0.3 is 0 Å². The van der Waals surface area contributed by atoms with Crippen molar-refractivity contribution in [2.45, 2.75) is 58.3 Å². The molecule has 2 aromatic rings. The van der Waals surface area contributed by atoms with Crippen LogP contribution in [0.4, 0.5) is 0 Å². The summed E-state index contributed by atoms with van der Waals surface area (Å²) in [5.41, 5.74) is 1.96. The Labute approximate surface area is 186 Å². The number of amides is 2. The first kappa shape index (κ1) is 24.4. The van der Waals surface area contributed by atoms with Crippen molar-refractivity contribution >= 4 is 17.5 Å². The number of nitrogens with one attached hydrogen (secondary N) is 1. The van der Waals surface area contributed by atoms with Crippen LogP contribution >= 0.6 is 0 Å². The van der Waals surface area contributed by atoms with Gasteiger partial charge in [0, 0.05) is 25.8 Å². The van der Waals surface area contributed by atoms with E-state index in [4.69, 9.17) is 0 Å². The molecule has 31 heavy (non-hydrogen) atoms. The molecule has 1 N–H and O–H groups in total.